The molecule has 8 nitrogen and oxygen atoms in total. The van der Waals surface area contributed by atoms with Crippen LogP contribution >= 0.6 is 11.5 Å². The molecule has 0 aliphatic carbocycles. The quantitative estimate of drug-likeness (QED) is 0.689. The van der Waals surface area contributed by atoms with Gasteiger partial charge in [-0.15, -0.1) is 0 Å². The second-order valence-corrected chi connectivity index (χ2v) is 8.07. The molecule has 1 aliphatic rings. The lowest BCUT2D eigenvalue weighted by atomic mass is 9.94. The van der Waals surface area contributed by atoms with Gasteiger partial charge in [0.1, 0.15) is 5.00 Å². The number of nitrogen functional groups attached to an aromatic ring is 1. The van der Waals surface area contributed by atoms with Gasteiger partial charge in [-0.1, -0.05) is 0 Å². The summed E-state index contributed by atoms with van der Waals surface area (Å²) < 4.78 is 34.7. The summed E-state index contributed by atoms with van der Waals surface area (Å²) in [6.07, 6.45) is 1.01. The Morgan fingerprint density at radius 1 is 1.48 bits per heavy atom. The third kappa shape index (κ3) is 3.46. The molecule has 1 saturated heterocycles. The highest BCUT2D eigenvalue weighted by Gasteiger charge is 2.32. The van der Waals surface area contributed by atoms with Crippen LogP contribution in [0.5, 0.6) is 0 Å². The van der Waals surface area contributed by atoms with Crippen molar-refractivity contribution in [2.75, 3.05) is 44.9 Å². The van der Waals surface area contributed by atoms with Gasteiger partial charge >= 0.3 is 0 Å². The van der Waals surface area contributed by atoms with E-state index >= 15 is 0 Å². The van der Waals surface area contributed by atoms with E-state index in [2.05, 4.69) is 9.69 Å². The van der Waals surface area contributed by atoms with Gasteiger partial charge in [-0.25, -0.2) is 12.7 Å². The Labute approximate surface area is 128 Å². The number of ether oxygens (including phenoxy) is 1. The Morgan fingerprint density at radius 3 is 2.67 bits per heavy atom. The molecule has 1 aromatic rings. The number of aromatic nitrogens is 1. The molecule has 0 spiro atoms. The molecule has 1 aromatic heterocycles. The molecular weight excluding hydrogens is 316 g/mol. The molecule has 21 heavy (non-hydrogen) atoms. The Morgan fingerprint density at radius 2 is 2.10 bits per heavy atom. The van der Waals surface area contributed by atoms with Crippen molar-refractivity contribution < 1.29 is 18.3 Å². The number of nitrogens with one attached hydrogen (secondary N) is 1. The first-order valence-electron chi connectivity index (χ1n) is 6.48. The number of anilines is 2. The van der Waals surface area contributed by atoms with Crippen molar-refractivity contribution >= 4 is 32.4 Å². The van der Waals surface area contributed by atoms with Crippen LogP contribution in [0.15, 0.2) is 4.90 Å². The summed E-state index contributed by atoms with van der Waals surface area (Å²) >= 11 is 0.973. The molecule has 4 N–H and O–H groups in total. The maximum absolute atomic E-state index is 12.3. The smallest absolute Gasteiger partial charge is 0.249 e. The van der Waals surface area contributed by atoms with Crippen LogP contribution in [-0.4, -0.2) is 61.7 Å². The highest BCUT2D eigenvalue weighted by atomic mass is 32.2. The lowest BCUT2D eigenvalue weighted by molar-refractivity contribution is -0.0543. The van der Waals surface area contributed by atoms with Gasteiger partial charge in [0.05, 0.1) is 5.60 Å². The average Bonchev–Trinajstić information content (AvgIpc) is 2.79. The van der Waals surface area contributed by atoms with Gasteiger partial charge in [-0.2, -0.15) is 4.37 Å². The number of nitrogens with two attached hydrogens (primary N) is 1. The van der Waals surface area contributed by atoms with Crippen LogP contribution in [0, 0.1) is 0 Å². The molecule has 10 heteroatoms. The second-order valence-electron chi connectivity index (χ2n) is 5.20. The Bertz CT molecular complexity index is 593. The minimum absolute atomic E-state index is 0.0323. The van der Waals surface area contributed by atoms with Crippen LogP contribution in [0.1, 0.15) is 12.8 Å². The zero-order valence-electron chi connectivity index (χ0n) is 12.0. The zero-order chi connectivity index (χ0) is 15.7. The highest BCUT2D eigenvalue weighted by molar-refractivity contribution is 7.89. The van der Waals surface area contributed by atoms with E-state index in [0.29, 0.717) is 31.1 Å². The maximum atomic E-state index is 12.3. The summed E-state index contributed by atoms with van der Waals surface area (Å²) in [6, 6.07) is 0. The van der Waals surface area contributed by atoms with Crippen molar-refractivity contribution in [2.24, 2.45) is 0 Å². The lowest BCUT2D eigenvalue weighted by Crippen LogP contribution is -2.42. The van der Waals surface area contributed by atoms with Gasteiger partial charge in [0.15, 0.2) is 10.7 Å². The molecule has 2 rings (SSSR count). The highest BCUT2D eigenvalue weighted by Crippen LogP contribution is 2.33. The van der Waals surface area contributed by atoms with Gasteiger partial charge < -0.3 is 20.9 Å². The number of rotatable bonds is 5. The third-order valence-electron chi connectivity index (χ3n) is 3.41. The van der Waals surface area contributed by atoms with Crippen LogP contribution in [-0.2, 0) is 14.8 Å². The fourth-order valence-corrected chi connectivity index (χ4v) is 4.08. The summed E-state index contributed by atoms with van der Waals surface area (Å²) in [5.74, 6) is -0.0323. The van der Waals surface area contributed by atoms with E-state index in [1.807, 2.05) is 0 Å². The molecular formula is C11H20N4O4S2. The van der Waals surface area contributed by atoms with Gasteiger partial charge in [-0.3, -0.25) is 0 Å². The number of hydrogen-bond acceptors (Lipinski definition) is 8. The number of nitrogens with zero attached hydrogens (tertiary/aromatic N) is 2. The van der Waals surface area contributed by atoms with Crippen LogP contribution in [0.3, 0.4) is 0 Å². The summed E-state index contributed by atoms with van der Waals surface area (Å²) in [5.41, 5.74) is 4.77. The van der Waals surface area contributed by atoms with E-state index in [9.17, 15) is 13.5 Å². The fraction of sp³-hybridized carbons (Fsp3) is 0.727. The summed E-state index contributed by atoms with van der Waals surface area (Å²) in [7, 11) is -0.815. The van der Waals surface area contributed by atoms with E-state index < -0.39 is 15.6 Å². The lowest BCUT2D eigenvalue weighted by Gasteiger charge is -2.32. The summed E-state index contributed by atoms with van der Waals surface area (Å²) in [6.45, 7) is 1.21. The van der Waals surface area contributed by atoms with Crippen LogP contribution in [0.4, 0.5) is 10.8 Å². The first-order valence-corrected chi connectivity index (χ1v) is 8.69. The van der Waals surface area contributed by atoms with E-state index in [0.717, 1.165) is 15.8 Å². The minimum Gasteiger partial charge on any atom is -0.388 e. The van der Waals surface area contributed by atoms with E-state index in [-0.39, 0.29) is 17.3 Å². The number of sulfonamides is 1. The van der Waals surface area contributed by atoms with Crippen LogP contribution in [0.25, 0.3) is 0 Å². The predicted molar refractivity (Wildman–Crippen MR) is 80.9 cm³/mol. The molecule has 0 aromatic carbocycles. The second kappa shape index (κ2) is 6.05. The van der Waals surface area contributed by atoms with E-state index in [1.54, 1.807) is 0 Å². The first-order chi connectivity index (χ1) is 9.76. The zero-order valence-corrected chi connectivity index (χ0v) is 13.6. The van der Waals surface area contributed by atoms with E-state index in [1.165, 1.54) is 14.1 Å². The van der Waals surface area contributed by atoms with Crippen molar-refractivity contribution in [1.82, 2.24) is 8.68 Å². The molecule has 0 unspecified atom stereocenters. The first kappa shape index (κ1) is 16.4. The SMILES string of the molecule is CN(C)S(=O)(=O)c1c(N)nsc1NCC1(O)CCOCC1. The minimum atomic E-state index is -3.68. The normalized spacial score (nSPS) is 18.9. The van der Waals surface area contributed by atoms with Gasteiger partial charge in [0.2, 0.25) is 10.0 Å². The molecule has 0 amide bonds. The van der Waals surface area contributed by atoms with Gasteiger partial charge in [-0.05, 0) is 11.5 Å². The average molecular weight is 336 g/mol. The Hall–Kier alpha value is -0.940. The van der Waals surface area contributed by atoms with Crippen molar-refractivity contribution in [3.05, 3.63) is 0 Å². The molecule has 1 fully saturated rings. The number of aliphatic hydroxyl groups is 1. The largest absolute Gasteiger partial charge is 0.388 e. The predicted octanol–water partition coefficient (Wildman–Crippen LogP) is -0.0710. The summed E-state index contributed by atoms with van der Waals surface area (Å²) in [5, 5.41) is 13.7. The number of hydrogen-bond donors (Lipinski definition) is 3. The molecule has 2 heterocycles. The Balaban J connectivity index is 2.18. The fourth-order valence-electron chi connectivity index (χ4n) is 2.01. The molecule has 0 radical (unpaired) electrons. The van der Waals surface area contributed by atoms with Crippen molar-refractivity contribution in [2.45, 2.75) is 23.3 Å². The van der Waals surface area contributed by atoms with E-state index in [4.69, 9.17) is 10.5 Å². The van der Waals surface area contributed by atoms with Crippen molar-refractivity contribution in [1.29, 1.82) is 0 Å². The topological polar surface area (TPSA) is 118 Å². The summed E-state index contributed by atoms with van der Waals surface area (Å²) in [4.78, 5) is -0.0341. The maximum Gasteiger partial charge on any atom is 0.249 e. The van der Waals surface area contributed by atoms with Gasteiger partial charge in [0, 0.05) is 46.7 Å². The third-order valence-corrected chi connectivity index (χ3v) is 6.25. The van der Waals surface area contributed by atoms with Crippen LogP contribution < -0.4 is 11.1 Å². The monoisotopic (exact) mass is 336 g/mol. The standard InChI is InChI=1S/C11H20N4O4S2/c1-15(2)21(17,18)8-9(12)14-20-10(8)13-7-11(16)3-5-19-6-4-11/h13,16H,3-7H2,1-2H3,(H2,12,14). The van der Waals surface area contributed by atoms with Crippen molar-refractivity contribution in [3.8, 4) is 0 Å². The molecule has 0 bridgehead atoms. The molecule has 0 saturated carbocycles. The molecule has 0 atom stereocenters. The van der Waals surface area contributed by atoms with Crippen LogP contribution in [0.2, 0.25) is 0 Å². The molecule has 1 aliphatic heterocycles. The van der Waals surface area contributed by atoms with Crippen molar-refractivity contribution in [3.63, 3.8) is 0 Å². The Kier molecular flexibility index (Phi) is 4.73. The van der Waals surface area contributed by atoms with Gasteiger partial charge in [0.25, 0.3) is 0 Å². The molecule has 120 valence electrons.